The third kappa shape index (κ3) is 15.7. The second-order valence-corrected chi connectivity index (χ2v) is 20.3. The zero-order chi connectivity index (χ0) is 48.1. The van der Waals surface area contributed by atoms with Crippen molar-refractivity contribution >= 4 is 29.2 Å². The highest BCUT2D eigenvalue weighted by molar-refractivity contribution is 6.39. The number of carbonyl (C=O) groups excluding carboxylic acids is 5. The fourth-order valence-electron chi connectivity index (χ4n) is 9.87. The van der Waals surface area contributed by atoms with Gasteiger partial charge in [-0.05, 0) is 126 Å². The number of aliphatic hydroxyl groups is 4. The minimum absolute atomic E-state index is 0.0721. The summed E-state index contributed by atoms with van der Waals surface area (Å²) in [5, 5.41) is 44.4. The average Bonchev–Trinajstić information content (AvgIpc) is 3.26. The van der Waals surface area contributed by atoms with Crippen LogP contribution in [0.2, 0.25) is 0 Å². The summed E-state index contributed by atoms with van der Waals surface area (Å²) in [6.07, 6.45) is 13.3. The number of ether oxygens (including phenoxy) is 2. The Hall–Kier alpha value is -3.29. The first kappa shape index (κ1) is 55.0. The number of fused-ring (bicyclic) bond motifs is 1. The van der Waals surface area contributed by atoms with Crippen LogP contribution in [-0.2, 0) is 33.4 Å². The molecule has 0 spiro atoms. The third-order valence-electron chi connectivity index (χ3n) is 14.7. The maximum absolute atomic E-state index is 14.2. The van der Waals surface area contributed by atoms with Crippen molar-refractivity contribution in [1.29, 1.82) is 0 Å². The lowest BCUT2D eigenvalue weighted by molar-refractivity contribution is -0.169. The van der Waals surface area contributed by atoms with Gasteiger partial charge in [0.2, 0.25) is 0 Å². The van der Waals surface area contributed by atoms with Crippen LogP contribution in [0.15, 0.2) is 47.6 Å². The molecule has 0 bridgehead atoms. The topological polar surface area (TPSA) is 188 Å². The van der Waals surface area contributed by atoms with Crippen LogP contribution in [-0.4, -0.2) is 110 Å². The van der Waals surface area contributed by atoms with E-state index < -0.39 is 71.5 Å². The molecule has 0 radical (unpaired) electrons. The number of rotatable bonds is 4. The molecule has 0 aromatic carbocycles. The Balaban J connectivity index is 1.98. The van der Waals surface area contributed by atoms with Crippen molar-refractivity contribution in [3.63, 3.8) is 0 Å². The van der Waals surface area contributed by atoms with Gasteiger partial charge >= 0.3 is 5.97 Å². The third-order valence-corrected chi connectivity index (χ3v) is 14.7. The molecular formula is C52H83NO11. The molecule has 1 aliphatic carbocycles. The Bertz CT molecular complexity index is 1700. The molecule has 0 aromatic rings. The average molecular weight is 898 g/mol. The van der Waals surface area contributed by atoms with Crippen molar-refractivity contribution in [2.24, 2.45) is 47.3 Å². The van der Waals surface area contributed by atoms with E-state index in [1.807, 2.05) is 65.0 Å². The van der Waals surface area contributed by atoms with Gasteiger partial charge in [0.05, 0.1) is 24.4 Å². The van der Waals surface area contributed by atoms with Crippen molar-refractivity contribution in [2.45, 2.75) is 188 Å². The summed E-state index contributed by atoms with van der Waals surface area (Å²) < 4.78 is 11.9. The van der Waals surface area contributed by atoms with Crippen LogP contribution in [0.25, 0.3) is 0 Å². The number of allylic oxidation sites excluding steroid dienone is 6. The van der Waals surface area contributed by atoms with E-state index in [2.05, 4.69) is 0 Å². The molecule has 64 heavy (non-hydrogen) atoms. The van der Waals surface area contributed by atoms with Gasteiger partial charge in [-0.1, -0.05) is 84.9 Å². The van der Waals surface area contributed by atoms with E-state index in [4.69, 9.17) is 9.47 Å². The Morgan fingerprint density at radius 1 is 0.859 bits per heavy atom. The second-order valence-electron chi connectivity index (χ2n) is 20.3. The summed E-state index contributed by atoms with van der Waals surface area (Å²) >= 11 is 0. The highest BCUT2D eigenvalue weighted by atomic mass is 16.5. The van der Waals surface area contributed by atoms with Gasteiger partial charge in [-0.25, -0.2) is 4.79 Å². The summed E-state index contributed by atoms with van der Waals surface area (Å²) in [5.41, 5.74) is -0.694. The van der Waals surface area contributed by atoms with Gasteiger partial charge in [0.15, 0.2) is 0 Å². The number of cyclic esters (lactones) is 1. The number of ketones is 3. The number of hydrogen-bond donors (Lipinski definition) is 4. The number of methoxy groups -OCH3 is 1. The fourth-order valence-corrected chi connectivity index (χ4v) is 9.87. The van der Waals surface area contributed by atoms with Crippen LogP contribution in [0, 0.1) is 47.3 Å². The number of nitrogens with zero attached hydrogens (tertiary/aromatic N) is 1. The van der Waals surface area contributed by atoms with Crippen LogP contribution in [0.1, 0.15) is 146 Å². The number of Topliss-reactive ketones (excluding diaryl/α,β-unsaturated/α-hetero) is 3. The summed E-state index contributed by atoms with van der Waals surface area (Å²) in [4.78, 5) is 70.9. The Morgan fingerprint density at radius 3 is 2.20 bits per heavy atom. The number of amides is 1. The first-order valence-electron chi connectivity index (χ1n) is 24.1. The molecule has 2 heterocycles. The molecule has 3 rings (SSSR count). The normalized spacial score (nSPS) is 39.6. The summed E-state index contributed by atoms with van der Waals surface area (Å²) in [6.45, 7) is 18.0. The van der Waals surface area contributed by atoms with Crippen LogP contribution in [0.4, 0.5) is 0 Å². The number of aliphatic hydroxyl groups excluding tert-OH is 3. The molecule has 0 aromatic heterocycles. The van der Waals surface area contributed by atoms with Crippen molar-refractivity contribution in [3.05, 3.63) is 47.6 Å². The van der Waals surface area contributed by atoms with Crippen molar-refractivity contribution in [1.82, 2.24) is 4.90 Å². The molecule has 1 saturated heterocycles. The lowest BCUT2D eigenvalue weighted by Crippen LogP contribution is -2.57. The monoisotopic (exact) mass is 898 g/mol. The standard InChI is InChI=1S/C52H83NO11/c1-31-17-13-12-14-18-32(2)45(63-11)29-41(54)22-20-38(8)52(10,62)49(59)50(60)53-24-16-15-19-42(53)51(61)64-46(35(5)28-40-21-23-43(55)34(4)27-40)30-44(56)33(3)26-37(7)48(58)39(9)47(57)36(6)25-31/h12-14,17-18,26,31,33-36,38-43,45-46,48,54-55,58,62H,15-16,19-25,27-30H2,1-11H3/b14-12+,17-13+,32-18?,37-26+/t31-,33-,34-,35-,36-,38-,39+,40-,41+,42+,43-,45+,46?,48+,52+/m1/s1. The van der Waals surface area contributed by atoms with E-state index in [0.29, 0.717) is 37.7 Å². The van der Waals surface area contributed by atoms with Crippen LogP contribution >= 0.6 is 0 Å². The first-order chi connectivity index (χ1) is 30.0. The van der Waals surface area contributed by atoms with Crippen molar-refractivity contribution in [2.75, 3.05) is 13.7 Å². The van der Waals surface area contributed by atoms with E-state index in [9.17, 15) is 44.4 Å². The Morgan fingerprint density at radius 2 is 1.55 bits per heavy atom. The molecular weight excluding hydrogens is 815 g/mol. The lowest BCUT2D eigenvalue weighted by atomic mass is 9.75. The zero-order valence-corrected chi connectivity index (χ0v) is 40.8. The van der Waals surface area contributed by atoms with Gasteiger partial charge in [-0.2, -0.15) is 0 Å². The van der Waals surface area contributed by atoms with E-state index >= 15 is 0 Å². The number of hydrogen-bond acceptors (Lipinski definition) is 11. The molecule has 12 nitrogen and oxygen atoms in total. The second kappa shape index (κ2) is 25.6. The molecule has 1 saturated carbocycles. The molecule has 15 atom stereocenters. The smallest absolute Gasteiger partial charge is 0.329 e. The number of piperidine rings is 1. The predicted octanol–water partition coefficient (Wildman–Crippen LogP) is 7.45. The maximum Gasteiger partial charge on any atom is 0.329 e. The van der Waals surface area contributed by atoms with E-state index in [0.717, 1.165) is 18.4 Å². The van der Waals surface area contributed by atoms with Crippen LogP contribution in [0.3, 0.4) is 0 Å². The van der Waals surface area contributed by atoms with Crippen LogP contribution in [0.5, 0.6) is 0 Å². The number of esters is 1. The Labute approximate surface area is 384 Å². The summed E-state index contributed by atoms with van der Waals surface area (Å²) in [5.74, 6) is -5.26. The molecule has 1 amide bonds. The predicted molar refractivity (Wildman–Crippen MR) is 249 cm³/mol. The van der Waals surface area contributed by atoms with Gasteiger partial charge in [0.25, 0.3) is 11.7 Å². The zero-order valence-electron chi connectivity index (χ0n) is 40.8. The highest BCUT2D eigenvalue weighted by Crippen LogP contribution is 2.36. The van der Waals surface area contributed by atoms with Gasteiger partial charge in [-0.3, -0.25) is 19.2 Å². The largest absolute Gasteiger partial charge is 0.460 e. The molecule has 2 fully saturated rings. The van der Waals surface area contributed by atoms with E-state index in [-0.39, 0.29) is 85.9 Å². The summed E-state index contributed by atoms with van der Waals surface area (Å²) in [6, 6.07) is -1.09. The molecule has 12 heteroatoms. The minimum atomic E-state index is -2.08. The van der Waals surface area contributed by atoms with Crippen LogP contribution < -0.4 is 0 Å². The quantitative estimate of drug-likeness (QED) is 0.125. The van der Waals surface area contributed by atoms with Crippen molar-refractivity contribution in [3.8, 4) is 0 Å². The van der Waals surface area contributed by atoms with Crippen molar-refractivity contribution < 1.29 is 53.9 Å². The molecule has 1 unspecified atom stereocenters. The minimum Gasteiger partial charge on any atom is -0.460 e. The van der Waals surface area contributed by atoms with E-state index in [1.54, 1.807) is 40.9 Å². The molecule has 4 N–H and O–H groups in total. The van der Waals surface area contributed by atoms with E-state index in [1.165, 1.54) is 11.8 Å². The highest BCUT2D eigenvalue weighted by Gasteiger charge is 2.46. The summed E-state index contributed by atoms with van der Waals surface area (Å²) in [7, 11) is 1.57. The first-order valence-corrected chi connectivity index (χ1v) is 24.1. The molecule has 362 valence electrons. The maximum atomic E-state index is 14.2. The number of carbonyl (C=O) groups is 5. The van der Waals surface area contributed by atoms with Gasteiger partial charge in [0.1, 0.15) is 29.3 Å². The SMILES string of the molecule is CO[C@H]1C[C@@H](O)CC[C@@H](C)[C@](C)(O)C(=O)C(=O)N2CCCC[C@H]2C(=O)OC([C@H](C)C[C@@H]2CC[C@@H](O)[C@H](C)C2)CC(=O)[C@H](C)/C=C(\C)[C@H](O)[C@@H](C)C(=O)[C@H](C)C[C@H](C)/C=C/C=C/C=C1C. The van der Waals surface area contributed by atoms with Gasteiger partial charge in [-0.15, -0.1) is 0 Å². The van der Waals surface area contributed by atoms with Gasteiger partial charge < -0.3 is 34.8 Å². The molecule has 2 aliphatic heterocycles. The lowest BCUT2D eigenvalue weighted by Gasteiger charge is -2.38. The molecule has 3 aliphatic rings. The fraction of sp³-hybridized carbons (Fsp3) is 0.750. The Kier molecular flexibility index (Phi) is 22.0. The van der Waals surface area contributed by atoms with Gasteiger partial charge in [0, 0.05) is 44.2 Å².